The number of ether oxygens (including phenoxy) is 1. The maximum Gasteiger partial charge on any atom is 0.573 e. The summed E-state index contributed by atoms with van der Waals surface area (Å²) in [5.41, 5.74) is 5.61. The largest absolute Gasteiger partial charge is 0.573 e. The molecular formula is C13H10F3N5O3. The Labute approximate surface area is 132 Å². The first-order chi connectivity index (χ1) is 11.2. The van der Waals surface area contributed by atoms with Gasteiger partial charge in [0.05, 0.1) is 4.92 Å². The second kappa shape index (κ2) is 6.81. The van der Waals surface area contributed by atoms with Crippen molar-refractivity contribution in [3.8, 4) is 5.75 Å². The smallest absolute Gasteiger partial charge is 0.406 e. The molecule has 1 heterocycles. The van der Waals surface area contributed by atoms with Crippen LogP contribution in [0.1, 0.15) is 0 Å². The zero-order chi connectivity index (χ0) is 17.7. The van der Waals surface area contributed by atoms with E-state index < -0.39 is 17.0 Å². The second-order valence-corrected chi connectivity index (χ2v) is 4.33. The fourth-order valence-electron chi connectivity index (χ4n) is 1.62. The van der Waals surface area contributed by atoms with E-state index in [2.05, 4.69) is 20.0 Å². The lowest BCUT2D eigenvalue weighted by Gasteiger charge is -2.10. The number of halogens is 3. The summed E-state index contributed by atoms with van der Waals surface area (Å²) in [5, 5.41) is 13.1. The lowest BCUT2D eigenvalue weighted by molar-refractivity contribution is -0.385. The Kier molecular flexibility index (Phi) is 4.82. The Morgan fingerprint density at radius 1 is 1.33 bits per heavy atom. The highest BCUT2D eigenvalue weighted by molar-refractivity contribution is 5.93. The lowest BCUT2D eigenvalue weighted by atomic mass is 10.3. The van der Waals surface area contributed by atoms with Crippen LogP contribution in [0.15, 0.2) is 47.6 Å². The van der Waals surface area contributed by atoms with E-state index in [0.29, 0.717) is 0 Å². The molecule has 0 aliphatic heterocycles. The third-order valence-electron chi connectivity index (χ3n) is 2.52. The number of alkyl halides is 3. The molecule has 0 unspecified atom stereocenters. The number of hydrogen-bond donors (Lipinski definition) is 2. The van der Waals surface area contributed by atoms with E-state index >= 15 is 0 Å². The van der Waals surface area contributed by atoms with Gasteiger partial charge in [0.25, 0.3) is 5.69 Å². The molecule has 0 amide bonds. The average Bonchev–Trinajstić information content (AvgIpc) is 2.46. The highest BCUT2D eigenvalue weighted by atomic mass is 19.4. The number of nitro groups is 1. The van der Waals surface area contributed by atoms with Crippen molar-refractivity contribution in [3.63, 3.8) is 0 Å². The maximum absolute atomic E-state index is 12.2. The molecule has 2 rings (SSSR count). The predicted octanol–water partition coefficient (Wildman–Crippen LogP) is 2.95. The third-order valence-corrected chi connectivity index (χ3v) is 2.52. The molecule has 3 N–H and O–H groups in total. The molecule has 0 atom stereocenters. The monoisotopic (exact) mass is 341 g/mol. The molecule has 8 nitrogen and oxygen atoms in total. The molecule has 1 aromatic carbocycles. The molecule has 0 aliphatic carbocycles. The van der Waals surface area contributed by atoms with Gasteiger partial charge in [-0.3, -0.25) is 10.1 Å². The number of aliphatic imine (C=N–C) groups is 1. The van der Waals surface area contributed by atoms with Gasteiger partial charge in [-0.25, -0.2) is 4.98 Å². The van der Waals surface area contributed by atoms with Gasteiger partial charge in [-0.05, 0) is 18.2 Å². The van der Waals surface area contributed by atoms with Crippen molar-refractivity contribution in [1.29, 1.82) is 0 Å². The highest BCUT2D eigenvalue weighted by Gasteiger charge is 2.31. The maximum atomic E-state index is 12.2. The molecule has 0 aliphatic rings. The number of aromatic nitrogens is 1. The van der Waals surface area contributed by atoms with Crippen LogP contribution in [0.25, 0.3) is 0 Å². The Hall–Kier alpha value is -3.37. The average molecular weight is 341 g/mol. The van der Waals surface area contributed by atoms with Crippen LogP contribution in [0.5, 0.6) is 5.75 Å². The summed E-state index contributed by atoms with van der Waals surface area (Å²) in [7, 11) is 0. The van der Waals surface area contributed by atoms with Crippen LogP contribution >= 0.6 is 0 Å². The number of guanidine groups is 1. The van der Waals surface area contributed by atoms with Crippen molar-refractivity contribution in [3.05, 3.63) is 52.7 Å². The van der Waals surface area contributed by atoms with Gasteiger partial charge in [0.1, 0.15) is 11.9 Å². The van der Waals surface area contributed by atoms with Gasteiger partial charge in [0.15, 0.2) is 11.8 Å². The van der Waals surface area contributed by atoms with E-state index in [-0.39, 0.29) is 23.2 Å². The number of anilines is 1. The molecule has 0 saturated carbocycles. The zero-order valence-corrected chi connectivity index (χ0v) is 11.8. The van der Waals surface area contributed by atoms with Crippen molar-refractivity contribution >= 4 is 23.2 Å². The summed E-state index contributed by atoms with van der Waals surface area (Å²) >= 11 is 0. The summed E-state index contributed by atoms with van der Waals surface area (Å²) in [6.45, 7) is 0. The minimum Gasteiger partial charge on any atom is -0.406 e. The number of nitrogens with two attached hydrogens (primary N) is 1. The molecule has 1 aromatic heterocycles. The Balaban J connectivity index is 2.09. The Morgan fingerprint density at radius 2 is 2.08 bits per heavy atom. The summed E-state index contributed by atoms with van der Waals surface area (Å²) in [4.78, 5) is 17.5. The molecule has 0 saturated heterocycles. The number of nitrogens with one attached hydrogen (secondary N) is 1. The van der Waals surface area contributed by atoms with E-state index in [1.165, 1.54) is 24.3 Å². The predicted molar refractivity (Wildman–Crippen MR) is 78.9 cm³/mol. The first kappa shape index (κ1) is 17.0. The number of benzene rings is 1. The third kappa shape index (κ3) is 5.12. The number of rotatable bonds is 4. The van der Waals surface area contributed by atoms with E-state index in [9.17, 15) is 23.3 Å². The Morgan fingerprint density at radius 3 is 2.67 bits per heavy atom. The quantitative estimate of drug-likeness (QED) is 0.382. The summed E-state index contributed by atoms with van der Waals surface area (Å²) in [6, 6.07) is 7.46. The normalized spacial score (nSPS) is 11.9. The Bertz CT molecular complexity index is 762. The molecule has 0 bridgehead atoms. The van der Waals surface area contributed by atoms with Crippen molar-refractivity contribution < 1.29 is 22.8 Å². The first-order valence-corrected chi connectivity index (χ1v) is 6.30. The second-order valence-electron chi connectivity index (χ2n) is 4.33. The highest BCUT2D eigenvalue weighted by Crippen LogP contribution is 2.25. The number of hydrogen-bond acceptors (Lipinski definition) is 5. The first-order valence-electron chi connectivity index (χ1n) is 6.30. The molecule has 0 fully saturated rings. The van der Waals surface area contributed by atoms with Crippen LogP contribution in [0.2, 0.25) is 0 Å². The van der Waals surface area contributed by atoms with Gasteiger partial charge in [-0.1, -0.05) is 6.07 Å². The van der Waals surface area contributed by atoms with Crippen LogP contribution in [0, 0.1) is 10.1 Å². The molecule has 126 valence electrons. The summed E-state index contributed by atoms with van der Waals surface area (Å²) in [5.74, 6) is -0.498. The van der Waals surface area contributed by atoms with Gasteiger partial charge in [-0.15, -0.1) is 13.2 Å². The zero-order valence-electron chi connectivity index (χ0n) is 11.8. The summed E-state index contributed by atoms with van der Waals surface area (Å²) < 4.78 is 40.3. The van der Waals surface area contributed by atoms with Crippen molar-refractivity contribution in [2.24, 2.45) is 10.7 Å². The molecular weight excluding hydrogens is 331 g/mol. The molecule has 2 aromatic rings. The van der Waals surface area contributed by atoms with E-state index in [4.69, 9.17) is 5.73 Å². The lowest BCUT2D eigenvalue weighted by Crippen LogP contribution is -2.22. The van der Waals surface area contributed by atoms with Gasteiger partial charge < -0.3 is 15.8 Å². The van der Waals surface area contributed by atoms with Crippen molar-refractivity contribution in [2.75, 3.05) is 5.32 Å². The van der Waals surface area contributed by atoms with Crippen LogP contribution in [0.3, 0.4) is 0 Å². The fourth-order valence-corrected chi connectivity index (χ4v) is 1.62. The number of pyridine rings is 1. The van der Waals surface area contributed by atoms with Crippen LogP contribution in [-0.2, 0) is 0 Å². The molecule has 0 spiro atoms. The van der Waals surface area contributed by atoms with E-state index in [0.717, 1.165) is 18.3 Å². The minimum atomic E-state index is -4.80. The molecule has 0 radical (unpaired) electrons. The van der Waals surface area contributed by atoms with Gasteiger partial charge >= 0.3 is 6.36 Å². The van der Waals surface area contributed by atoms with Crippen LogP contribution in [-0.4, -0.2) is 22.2 Å². The minimum absolute atomic E-state index is 0.0910. The van der Waals surface area contributed by atoms with Gasteiger partial charge in [0.2, 0.25) is 0 Å². The fraction of sp³-hybridized carbons (Fsp3) is 0.0769. The van der Waals surface area contributed by atoms with Crippen LogP contribution < -0.4 is 15.8 Å². The van der Waals surface area contributed by atoms with Gasteiger partial charge in [0, 0.05) is 17.8 Å². The molecule has 24 heavy (non-hydrogen) atoms. The van der Waals surface area contributed by atoms with Gasteiger partial charge in [-0.2, -0.15) is 4.99 Å². The number of nitrogens with zero attached hydrogens (tertiary/aromatic N) is 3. The SMILES string of the molecule is NC(=Nc1ccc([N+](=O)[O-])cn1)Nc1cccc(OC(F)(F)F)c1. The van der Waals surface area contributed by atoms with Crippen molar-refractivity contribution in [1.82, 2.24) is 4.98 Å². The molecule has 11 heteroatoms. The topological polar surface area (TPSA) is 116 Å². The standard InChI is InChI=1S/C13H10F3N5O3/c14-13(15,16)24-10-3-1-2-8(6-10)19-12(17)20-11-5-4-9(7-18-11)21(22)23/h1-7H,(H3,17,18,19,20). The van der Waals surface area contributed by atoms with E-state index in [1.807, 2.05) is 0 Å². The van der Waals surface area contributed by atoms with Crippen molar-refractivity contribution in [2.45, 2.75) is 6.36 Å². The van der Waals surface area contributed by atoms with E-state index in [1.54, 1.807) is 0 Å². The van der Waals surface area contributed by atoms with Crippen LogP contribution in [0.4, 0.5) is 30.4 Å². The summed E-state index contributed by atoms with van der Waals surface area (Å²) in [6.07, 6.45) is -3.80.